The van der Waals surface area contributed by atoms with Crippen molar-refractivity contribution in [2.24, 2.45) is 13.0 Å². The van der Waals surface area contributed by atoms with Crippen LogP contribution < -0.4 is 0 Å². The van der Waals surface area contributed by atoms with Crippen molar-refractivity contribution in [3.05, 3.63) is 30.1 Å². The van der Waals surface area contributed by atoms with Gasteiger partial charge in [0.25, 0.3) is 0 Å². The number of rotatable bonds is 5. The van der Waals surface area contributed by atoms with Gasteiger partial charge >= 0.3 is 0 Å². The van der Waals surface area contributed by atoms with Crippen molar-refractivity contribution in [1.29, 1.82) is 0 Å². The zero-order valence-corrected chi connectivity index (χ0v) is 10.8. The molecule has 1 saturated carbocycles. The fraction of sp³-hybridized carbons (Fsp3) is 0.533. The summed E-state index contributed by atoms with van der Waals surface area (Å²) >= 11 is 0. The minimum atomic E-state index is -0.0836. The molecule has 0 amide bonds. The summed E-state index contributed by atoms with van der Waals surface area (Å²) in [6.45, 7) is 0. The number of aromatic nitrogens is 2. The molecule has 1 atom stereocenters. The highest BCUT2D eigenvalue weighted by molar-refractivity contribution is 5.75. The normalized spacial score (nSPS) is 17.2. The summed E-state index contributed by atoms with van der Waals surface area (Å²) in [6.07, 6.45) is 5.23. The summed E-state index contributed by atoms with van der Waals surface area (Å²) in [5.41, 5.74) is 2.26. The maximum absolute atomic E-state index is 9.85. The predicted molar refractivity (Wildman–Crippen MR) is 72.4 cm³/mol. The highest BCUT2D eigenvalue weighted by Crippen LogP contribution is 2.34. The highest BCUT2D eigenvalue weighted by atomic mass is 16.3. The zero-order valence-electron chi connectivity index (χ0n) is 10.8. The van der Waals surface area contributed by atoms with Gasteiger partial charge < -0.3 is 9.67 Å². The van der Waals surface area contributed by atoms with E-state index >= 15 is 0 Å². The van der Waals surface area contributed by atoms with E-state index in [0.29, 0.717) is 5.92 Å². The van der Waals surface area contributed by atoms with Gasteiger partial charge in [0.05, 0.1) is 17.1 Å². The standard InChI is InChI=1S/C15H20N2O/c1-17-13-6-3-2-5-12(13)16-15(17)8-4-7-14(18)11-9-10-11/h2-3,5-6,11,14,18H,4,7-10H2,1H3. The van der Waals surface area contributed by atoms with Gasteiger partial charge in [0.2, 0.25) is 0 Å². The number of imidazole rings is 1. The molecule has 0 bridgehead atoms. The Morgan fingerprint density at radius 2 is 2.17 bits per heavy atom. The quantitative estimate of drug-likeness (QED) is 0.878. The molecular formula is C15H20N2O. The molecule has 3 nitrogen and oxygen atoms in total. The molecule has 0 aliphatic heterocycles. The monoisotopic (exact) mass is 244 g/mol. The van der Waals surface area contributed by atoms with Crippen molar-refractivity contribution in [3.63, 3.8) is 0 Å². The zero-order chi connectivity index (χ0) is 12.5. The average Bonchev–Trinajstić information content (AvgIpc) is 3.17. The molecule has 3 heteroatoms. The third kappa shape index (κ3) is 2.27. The largest absolute Gasteiger partial charge is 0.393 e. The molecular weight excluding hydrogens is 224 g/mol. The molecule has 3 rings (SSSR count). The lowest BCUT2D eigenvalue weighted by Crippen LogP contribution is -2.09. The molecule has 1 aromatic heterocycles. The van der Waals surface area contributed by atoms with E-state index in [0.717, 1.165) is 30.6 Å². The summed E-state index contributed by atoms with van der Waals surface area (Å²) < 4.78 is 2.17. The van der Waals surface area contributed by atoms with Gasteiger partial charge in [-0.3, -0.25) is 0 Å². The van der Waals surface area contributed by atoms with E-state index in [1.54, 1.807) is 0 Å². The van der Waals surface area contributed by atoms with Crippen molar-refractivity contribution < 1.29 is 5.11 Å². The molecule has 0 spiro atoms. The predicted octanol–water partition coefficient (Wildman–Crippen LogP) is 2.67. The van der Waals surface area contributed by atoms with E-state index in [-0.39, 0.29) is 6.10 Å². The Kier molecular flexibility index (Phi) is 3.08. The first-order chi connectivity index (χ1) is 8.75. The lowest BCUT2D eigenvalue weighted by atomic mass is 10.1. The SMILES string of the molecule is Cn1c(CCCC(O)C2CC2)nc2ccccc21. The van der Waals surface area contributed by atoms with Crippen LogP contribution in [0.3, 0.4) is 0 Å². The first-order valence-corrected chi connectivity index (χ1v) is 6.84. The molecule has 0 saturated heterocycles. The number of benzene rings is 1. The summed E-state index contributed by atoms with van der Waals surface area (Å²) in [4.78, 5) is 4.65. The molecule has 96 valence electrons. The Balaban J connectivity index is 1.65. The Morgan fingerprint density at radius 3 is 2.89 bits per heavy atom. The first-order valence-electron chi connectivity index (χ1n) is 6.84. The van der Waals surface area contributed by atoms with Crippen LogP contribution in [0.25, 0.3) is 11.0 Å². The Labute approximate surface area is 107 Å². The second-order valence-electron chi connectivity index (χ2n) is 5.37. The van der Waals surface area contributed by atoms with E-state index in [1.165, 1.54) is 18.4 Å². The average molecular weight is 244 g/mol. The van der Waals surface area contributed by atoms with E-state index in [2.05, 4.69) is 28.7 Å². The Bertz CT molecular complexity index is 542. The fourth-order valence-corrected chi connectivity index (χ4v) is 2.61. The lowest BCUT2D eigenvalue weighted by molar-refractivity contribution is 0.139. The molecule has 1 fully saturated rings. The molecule has 1 heterocycles. The number of para-hydroxylation sites is 2. The number of aryl methyl sites for hydroxylation is 2. The van der Waals surface area contributed by atoms with Gasteiger partial charge in [-0.05, 0) is 43.7 Å². The third-order valence-electron chi connectivity index (χ3n) is 3.95. The summed E-state index contributed by atoms with van der Waals surface area (Å²) in [7, 11) is 2.07. The van der Waals surface area contributed by atoms with Gasteiger partial charge in [0.15, 0.2) is 0 Å². The number of aliphatic hydroxyl groups is 1. The minimum Gasteiger partial charge on any atom is -0.393 e. The van der Waals surface area contributed by atoms with Crippen molar-refractivity contribution in [3.8, 4) is 0 Å². The van der Waals surface area contributed by atoms with Crippen LogP contribution >= 0.6 is 0 Å². The second kappa shape index (κ2) is 4.73. The van der Waals surface area contributed by atoms with Crippen LogP contribution in [-0.2, 0) is 13.5 Å². The maximum Gasteiger partial charge on any atom is 0.109 e. The van der Waals surface area contributed by atoms with Crippen molar-refractivity contribution in [2.75, 3.05) is 0 Å². The number of fused-ring (bicyclic) bond motifs is 1. The van der Waals surface area contributed by atoms with Gasteiger partial charge in [0.1, 0.15) is 5.82 Å². The van der Waals surface area contributed by atoms with Crippen LogP contribution in [0.5, 0.6) is 0 Å². The summed E-state index contributed by atoms with van der Waals surface area (Å²) in [5.74, 6) is 1.71. The number of hydrogen-bond donors (Lipinski definition) is 1. The van der Waals surface area contributed by atoms with Crippen molar-refractivity contribution in [2.45, 2.75) is 38.2 Å². The molecule has 1 unspecified atom stereocenters. The van der Waals surface area contributed by atoms with Crippen LogP contribution in [0.4, 0.5) is 0 Å². The van der Waals surface area contributed by atoms with Crippen molar-refractivity contribution >= 4 is 11.0 Å². The maximum atomic E-state index is 9.85. The number of nitrogens with zero attached hydrogens (tertiary/aromatic N) is 2. The molecule has 1 N–H and O–H groups in total. The van der Waals surface area contributed by atoms with Crippen LogP contribution in [0.1, 0.15) is 31.5 Å². The van der Waals surface area contributed by atoms with Crippen molar-refractivity contribution in [1.82, 2.24) is 9.55 Å². The Morgan fingerprint density at radius 1 is 1.39 bits per heavy atom. The molecule has 1 aromatic carbocycles. The number of aliphatic hydroxyl groups excluding tert-OH is 1. The minimum absolute atomic E-state index is 0.0836. The fourth-order valence-electron chi connectivity index (χ4n) is 2.61. The molecule has 1 aliphatic rings. The van der Waals surface area contributed by atoms with Gasteiger partial charge in [-0.1, -0.05) is 12.1 Å². The van der Waals surface area contributed by atoms with E-state index in [9.17, 15) is 5.11 Å². The number of hydrogen-bond acceptors (Lipinski definition) is 2. The van der Waals surface area contributed by atoms with Gasteiger partial charge in [-0.15, -0.1) is 0 Å². The third-order valence-corrected chi connectivity index (χ3v) is 3.95. The van der Waals surface area contributed by atoms with Gasteiger partial charge in [-0.25, -0.2) is 4.98 Å². The van der Waals surface area contributed by atoms with Gasteiger partial charge in [0, 0.05) is 13.5 Å². The Hall–Kier alpha value is -1.35. The molecule has 2 aromatic rings. The summed E-state index contributed by atoms with van der Waals surface area (Å²) in [5, 5.41) is 9.85. The highest BCUT2D eigenvalue weighted by Gasteiger charge is 2.29. The van der Waals surface area contributed by atoms with Crippen LogP contribution in [0.15, 0.2) is 24.3 Å². The molecule has 0 radical (unpaired) electrons. The molecule has 18 heavy (non-hydrogen) atoms. The van der Waals surface area contributed by atoms with Crippen LogP contribution in [0, 0.1) is 5.92 Å². The van der Waals surface area contributed by atoms with Crippen LogP contribution in [0.2, 0.25) is 0 Å². The summed E-state index contributed by atoms with van der Waals surface area (Å²) in [6, 6.07) is 8.23. The lowest BCUT2D eigenvalue weighted by Gasteiger charge is -2.08. The van der Waals surface area contributed by atoms with E-state index < -0.39 is 0 Å². The van der Waals surface area contributed by atoms with Gasteiger partial charge in [-0.2, -0.15) is 0 Å². The smallest absolute Gasteiger partial charge is 0.109 e. The first kappa shape index (κ1) is 11.7. The van der Waals surface area contributed by atoms with Crippen LogP contribution in [-0.4, -0.2) is 20.8 Å². The second-order valence-corrected chi connectivity index (χ2v) is 5.37. The van der Waals surface area contributed by atoms with E-state index in [1.807, 2.05) is 12.1 Å². The topological polar surface area (TPSA) is 38.0 Å². The molecule has 1 aliphatic carbocycles. The van der Waals surface area contributed by atoms with E-state index in [4.69, 9.17) is 0 Å².